The van der Waals surface area contributed by atoms with Crippen LogP contribution in [0.4, 0.5) is 0 Å². The Morgan fingerprint density at radius 3 is 2.63 bits per heavy atom. The first-order valence-electron chi connectivity index (χ1n) is 7.29. The average molecular weight is 262 g/mol. The summed E-state index contributed by atoms with van der Waals surface area (Å²) in [6.07, 6.45) is 3.85. The van der Waals surface area contributed by atoms with Crippen LogP contribution in [0.2, 0.25) is 0 Å². The van der Waals surface area contributed by atoms with Crippen molar-refractivity contribution in [3.05, 3.63) is 29.3 Å². The summed E-state index contributed by atoms with van der Waals surface area (Å²) in [5.41, 5.74) is 2.66. The van der Waals surface area contributed by atoms with Gasteiger partial charge in [0.2, 0.25) is 0 Å². The van der Waals surface area contributed by atoms with Gasteiger partial charge in [0.25, 0.3) is 0 Å². The molecule has 0 spiro atoms. The van der Waals surface area contributed by atoms with Gasteiger partial charge in [-0.05, 0) is 70.1 Å². The van der Waals surface area contributed by atoms with E-state index in [0.717, 1.165) is 12.3 Å². The topological polar surface area (TPSA) is 24.5 Å². The molecule has 19 heavy (non-hydrogen) atoms. The van der Waals surface area contributed by atoms with Gasteiger partial charge in [-0.25, -0.2) is 0 Å². The molecule has 3 heteroatoms. The molecular formula is C16H26N2O. The summed E-state index contributed by atoms with van der Waals surface area (Å²) in [7, 11) is 3.77. The summed E-state index contributed by atoms with van der Waals surface area (Å²) in [5.74, 6) is 0.984. The van der Waals surface area contributed by atoms with Gasteiger partial charge >= 0.3 is 0 Å². The Morgan fingerprint density at radius 2 is 2.05 bits per heavy atom. The third kappa shape index (κ3) is 3.48. The maximum atomic E-state index is 5.36. The normalized spacial score (nSPS) is 17.6. The SMILES string of the molecule is CNCCC(c1ccc(OC)c(C)c1)N1CCCC1. The lowest BCUT2D eigenvalue weighted by Crippen LogP contribution is -2.28. The first-order valence-corrected chi connectivity index (χ1v) is 7.29. The quantitative estimate of drug-likeness (QED) is 0.853. The number of likely N-dealkylation sites (tertiary alicyclic amines) is 1. The molecule has 1 fully saturated rings. The summed E-state index contributed by atoms with van der Waals surface area (Å²) in [6, 6.07) is 7.16. The van der Waals surface area contributed by atoms with Gasteiger partial charge in [-0.3, -0.25) is 4.90 Å². The molecule has 1 atom stereocenters. The molecule has 0 saturated carbocycles. The van der Waals surface area contributed by atoms with Crippen LogP contribution in [0.3, 0.4) is 0 Å². The molecule has 0 bridgehead atoms. The van der Waals surface area contributed by atoms with Crippen molar-refractivity contribution in [1.29, 1.82) is 0 Å². The predicted octanol–water partition coefficient (Wildman–Crippen LogP) is 2.75. The number of benzene rings is 1. The van der Waals surface area contributed by atoms with Crippen molar-refractivity contribution >= 4 is 0 Å². The Kier molecular flexibility index (Phi) is 5.23. The first kappa shape index (κ1) is 14.4. The van der Waals surface area contributed by atoms with Crippen LogP contribution in [-0.4, -0.2) is 38.7 Å². The van der Waals surface area contributed by atoms with Crippen LogP contribution in [0.1, 0.15) is 36.4 Å². The standard InChI is InChI=1S/C16H26N2O/c1-13-12-14(6-7-16(13)19-3)15(8-9-17-2)18-10-4-5-11-18/h6-7,12,15,17H,4-5,8-11H2,1-3H3. The van der Waals surface area contributed by atoms with E-state index in [1.165, 1.54) is 43.5 Å². The molecule has 106 valence electrons. The largest absolute Gasteiger partial charge is 0.496 e. The number of hydrogen-bond donors (Lipinski definition) is 1. The maximum absolute atomic E-state index is 5.36. The van der Waals surface area contributed by atoms with E-state index in [1.54, 1.807) is 7.11 Å². The fourth-order valence-corrected chi connectivity index (χ4v) is 3.00. The van der Waals surface area contributed by atoms with E-state index in [2.05, 4.69) is 35.3 Å². The van der Waals surface area contributed by atoms with Crippen molar-refractivity contribution in [1.82, 2.24) is 10.2 Å². The molecule has 2 rings (SSSR count). The summed E-state index contributed by atoms with van der Waals surface area (Å²) in [4.78, 5) is 2.62. The van der Waals surface area contributed by atoms with Crippen molar-refractivity contribution < 1.29 is 4.74 Å². The van der Waals surface area contributed by atoms with Crippen LogP contribution in [0.25, 0.3) is 0 Å². The van der Waals surface area contributed by atoms with Crippen LogP contribution in [-0.2, 0) is 0 Å². The van der Waals surface area contributed by atoms with Crippen LogP contribution in [0.15, 0.2) is 18.2 Å². The molecule has 1 saturated heterocycles. The smallest absolute Gasteiger partial charge is 0.121 e. The van der Waals surface area contributed by atoms with Gasteiger partial charge in [0, 0.05) is 6.04 Å². The van der Waals surface area contributed by atoms with E-state index in [9.17, 15) is 0 Å². The number of rotatable bonds is 6. The van der Waals surface area contributed by atoms with Gasteiger partial charge in [-0.2, -0.15) is 0 Å². The summed E-state index contributed by atoms with van der Waals surface area (Å²) in [6.45, 7) is 5.66. The third-order valence-corrected chi connectivity index (χ3v) is 4.05. The van der Waals surface area contributed by atoms with Gasteiger partial charge in [-0.15, -0.1) is 0 Å². The van der Waals surface area contributed by atoms with Crippen LogP contribution >= 0.6 is 0 Å². The van der Waals surface area contributed by atoms with Crippen LogP contribution in [0, 0.1) is 6.92 Å². The van der Waals surface area contributed by atoms with Crippen molar-refractivity contribution in [3.63, 3.8) is 0 Å². The Morgan fingerprint density at radius 1 is 1.32 bits per heavy atom. The van der Waals surface area contributed by atoms with Crippen LogP contribution < -0.4 is 10.1 Å². The van der Waals surface area contributed by atoms with E-state index in [1.807, 2.05) is 7.05 Å². The van der Waals surface area contributed by atoms with E-state index in [-0.39, 0.29) is 0 Å². The van der Waals surface area contributed by atoms with Gasteiger partial charge < -0.3 is 10.1 Å². The molecule has 0 amide bonds. The minimum Gasteiger partial charge on any atom is -0.496 e. The molecule has 1 heterocycles. The molecule has 0 radical (unpaired) electrons. The lowest BCUT2D eigenvalue weighted by atomic mass is 9.99. The van der Waals surface area contributed by atoms with E-state index in [0.29, 0.717) is 6.04 Å². The highest BCUT2D eigenvalue weighted by atomic mass is 16.5. The van der Waals surface area contributed by atoms with Gasteiger partial charge in [0.05, 0.1) is 7.11 Å². The van der Waals surface area contributed by atoms with Crippen molar-refractivity contribution in [2.45, 2.75) is 32.2 Å². The zero-order valence-corrected chi connectivity index (χ0v) is 12.4. The Balaban J connectivity index is 2.18. The molecule has 0 aromatic heterocycles. The van der Waals surface area contributed by atoms with E-state index < -0.39 is 0 Å². The molecule has 3 nitrogen and oxygen atoms in total. The number of methoxy groups -OCH3 is 1. The van der Waals surface area contributed by atoms with Crippen LogP contribution in [0.5, 0.6) is 5.75 Å². The second kappa shape index (κ2) is 6.92. The van der Waals surface area contributed by atoms with Gasteiger partial charge in [0.1, 0.15) is 5.75 Å². The number of hydrogen-bond acceptors (Lipinski definition) is 3. The highest BCUT2D eigenvalue weighted by Gasteiger charge is 2.23. The summed E-state index contributed by atoms with van der Waals surface area (Å²) >= 11 is 0. The lowest BCUT2D eigenvalue weighted by Gasteiger charge is -2.28. The molecule has 1 aliphatic rings. The zero-order chi connectivity index (χ0) is 13.7. The molecule has 1 aliphatic heterocycles. The highest BCUT2D eigenvalue weighted by molar-refractivity contribution is 5.37. The Hall–Kier alpha value is -1.06. The number of nitrogens with one attached hydrogen (secondary N) is 1. The van der Waals surface area contributed by atoms with E-state index >= 15 is 0 Å². The fraction of sp³-hybridized carbons (Fsp3) is 0.625. The zero-order valence-electron chi connectivity index (χ0n) is 12.4. The Bertz CT molecular complexity index is 400. The average Bonchev–Trinajstić information content (AvgIpc) is 2.93. The lowest BCUT2D eigenvalue weighted by molar-refractivity contribution is 0.233. The van der Waals surface area contributed by atoms with Crippen molar-refractivity contribution in [3.8, 4) is 5.75 Å². The molecule has 1 N–H and O–H groups in total. The summed E-state index contributed by atoms with van der Waals surface area (Å²) in [5, 5.41) is 3.28. The highest BCUT2D eigenvalue weighted by Crippen LogP contribution is 2.30. The molecule has 1 unspecified atom stereocenters. The molecule has 1 aromatic rings. The third-order valence-electron chi connectivity index (χ3n) is 4.05. The predicted molar refractivity (Wildman–Crippen MR) is 79.8 cm³/mol. The molecule has 1 aromatic carbocycles. The molecule has 0 aliphatic carbocycles. The monoisotopic (exact) mass is 262 g/mol. The minimum atomic E-state index is 0.541. The van der Waals surface area contributed by atoms with Gasteiger partial charge in [0.15, 0.2) is 0 Å². The first-order chi connectivity index (χ1) is 9.26. The molecular weight excluding hydrogens is 236 g/mol. The number of aryl methyl sites for hydroxylation is 1. The second-order valence-corrected chi connectivity index (χ2v) is 5.38. The number of nitrogens with zero attached hydrogens (tertiary/aromatic N) is 1. The van der Waals surface area contributed by atoms with Gasteiger partial charge in [-0.1, -0.05) is 12.1 Å². The van der Waals surface area contributed by atoms with Crippen molar-refractivity contribution in [2.24, 2.45) is 0 Å². The Labute approximate surface area is 116 Å². The van der Waals surface area contributed by atoms with Crippen molar-refractivity contribution in [2.75, 3.05) is 33.8 Å². The fourth-order valence-electron chi connectivity index (χ4n) is 3.00. The second-order valence-electron chi connectivity index (χ2n) is 5.38. The summed E-state index contributed by atoms with van der Waals surface area (Å²) < 4.78 is 5.36. The van der Waals surface area contributed by atoms with E-state index in [4.69, 9.17) is 4.74 Å². The number of ether oxygens (including phenoxy) is 1. The minimum absolute atomic E-state index is 0.541. The maximum Gasteiger partial charge on any atom is 0.121 e.